The Labute approximate surface area is 115 Å². The van der Waals surface area contributed by atoms with Gasteiger partial charge in [-0.25, -0.2) is 0 Å². The molecule has 5 heteroatoms. The third kappa shape index (κ3) is 1.75. The zero-order chi connectivity index (χ0) is 13.4. The van der Waals surface area contributed by atoms with Crippen molar-refractivity contribution in [2.75, 3.05) is 11.9 Å². The van der Waals surface area contributed by atoms with Gasteiger partial charge in [-0.3, -0.25) is 4.98 Å². The van der Waals surface area contributed by atoms with Crippen molar-refractivity contribution in [3.05, 3.63) is 60.2 Å². The number of nitrogens with one attached hydrogen (secondary N) is 1. The van der Waals surface area contributed by atoms with Crippen molar-refractivity contribution in [1.29, 1.82) is 0 Å². The van der Waals surface area contributed by atoms with E-state index in [9.17, 15) is 0 Å². The van der Waals surface area contributed by atoms with Crippen LogP contribution in [0.4, 0.5) is 5.69 Å². The normalized spacial score (nSPS) is 16.7. The molecule has 0 aliphatic carbocycles. The molecule has 98 valence electrons. The highest BCUT2D eigenvalue weighted by Crippen LogP contribution is 2.35. The van der Waals surface area contributed by atoms with Crippen LogP contribution in [0.3, 0.4) is 0 Å². The molecule has 0 saturated heterocycles. The quantitative estimate of drug-likeness (QED) is 0.771. The summed E-state index contributed by atoms with van der Waals surface area (Å²) in [7, 11) is 0. The van der Waals surface area contributed by atoms with E-state index in [2.05, 4.69) is 32.6 Å². The van der Waals surface area contributed by atoms with Crippen molar-refractivity contribution in [2.45, 2.75) is 5.92 Å². The molecule has 1 aliphatic rings. The van der Waals surface area contributed by atoms with Gasteiger partial charge in [-0.2, -0.15) is 4.98 Å². The SMILES string of the molecule is c1ccc2c(c1)NCC2c1nc(-c2ccncc2)no1. The lowest BCUT2D eigenvalue weighted by atomic mass is 10.0. The molecule has 3 aromatic rings. The van der Waals surface area contributed by atoms with Crippen LogP contribution in [-0.2, 0) is 0 Å². The fourth-order valence-corrected chi connectivity index (χ4v) is 2.50. The maximum Gasteiger partial charge on any atom is 0.236 e. The van der Waals surface area contributed by atoms with Crippen LogP contribution >= 0.6 is 0 Å². The van der Waals surface area contributed by atoms with Gasteiger partial charge in [0.2, 0.25) is 11.7 Å². The van der Waals surface area contributed by atoms with E-state index in [-0.39, 0.29) is 5.92 Å². The molecule has 0 bridgehead atoms. The first-order chi connectivity index (χ1) is 9.92. The average molecular weight is 264 g/mol. The summed E-state index contributed by atoms with van der Waals surface area (Å²) in [4.78, 5) is 8.50. The van der Waals surface area contributed by atoms with Crippen molar-refractivity contribution < 1.29 is 4.52 Å². The third-order valence-electron chi connectivity index (χ3n) is 3.51. The first-order valence-electron chi connectivity index (χ1n) is 6.48. The Hall–Kier alpha value is -2.69. The highest BCUT2D eigenvalue weighted by Gasteiger charge is 2.28. The van der Waals surface area contributed by atoms with E-state index >= 15 is 0 Å². The summed E-state index contributed by atoms with van der Waals surface area (Å²) in [6.07, 6.45) is 3.44. The summed E-state index contributed by atoms with van der Waals surface area (Å²) in [5.74, 6) is 1.37. The van der Waals surface area contributed by atoms with Crippen LogP contribution in [0.5, 0.6) is 0 Å². The van der Waals surface area contributed by atoms with Crippen LogP contribution in [0.1, 0.15) is 17.4 Å². The van der Waals surface area contributed by atoms with Crippen LogP contribution in [0, 0.1) is 0 Å². The molecule has 20 heavy (non-hydrogen) atoms. The molecule has 3 heterocycles. The Morgan fingerprint density at radius 1 is 1.10 bits per heavy atom. The fourth-order valence-electron chi connectivity index (χ4n) is 2.50. The summed E-state index contributed by atoms with van der Waals surface area (Å²) in [6.45, 7) is 0.789. The van der Waals surface area contributed by atoms with Crippen LogP contribution in [0.15, 0.2) is 53.3 Å². The summed E-state index contributed by atoms with van der Waals surface area (Å²) in [5.41, 5.74) is 3.26. The van der Waals surface area contributed by atoms with Crippen molar-refractivity contribution in [3.63, 3.8) is 0 Å². The highest BCUT2D eigenvalue weighted by atomic mass is 16.5. The number of anilines is 1. The molecule has 1 atom stereocenters. The zero-order valence-electron chi connectivity index (χ0n) is 10.7. The lowest BCUT2D eigenvalue weighted by molar-refractivity contribution is 0.371. The fraction of sp³-hybridized carbons (Fsp3) is 0.133. The molecule has 0 radical (unpaired) electrons. The number of hydrogen-bond donors (Lipinski definition) is 1. The maximum absolute atomic E-state index is 5.44. The Morgan fingerprint density at radius 3 is 2.85 bits per heavy atom. The van der Waals surface area contributed by atoms with Gasteiger partial charge in [0.05, 0.1) is 5.92 Å². The molecule has 0 fully saturated rings. The van der Waals surface area contributed by atoms with E-state index in [1.54, 1.807) is 12.4 Å². The van der Waals surface area contributed by atoms with Gasteiger partial charge in [-0.15, -0.1) is 0 Å². The minimum Gasteiger partial charge on any atom is -0.384 e. The minimum atomic E-state index is 0.120. The molecule has 4 rings (SSSR count). The second kappa shape index (κ2) is 4.45. The van der Waals surface area contributed by atoms with Gasteiger partial charge in [0, 0.05) is 30.2 Å². The molecule has 5 nitrogen and oxygen atoms in total. The number of fused-ring (bicyclic) bond motifs is 1. The van der Waals surface area contributed by atoms with Crippen molar-refractivity contribution >= 4 is 5.69 Å². The van der Waals surface area contributed by atoms with E-state index in [4.69, 9.17) is 4.52 Å². The van der Waals surface area contributed by atoms with Crippen molar-refractivity contribution in [2.24, 2.45) is 0 Å². The molecule has 1 unspecified atom stereocenters. The standard InChI is InChI=1S/C15H12N4O/c1-2-4-13-11(3-1)12(9-17-13)15-18-14(19-20-15)10-5-7-16-8-6-10/h1-8,12,17H,9H2. The van der Waals surface area contributed by atoms with E-state index in [0.29, 0.717) is 11.7 Å². The van der Waals surface area contributed by atoms with Gasteiger partial charge in [0.15, 0.2) is 0 Å². The number of benzene rings is 1. The first kappa shape index (κ1) is 11.2. The second-order valence-electron chi connectivity index (χ2n) is 4.71. The van der Waals surface area contributed by atoms with E-state index < -0.39 is 0 Å². The molecule has 0 spiro atoms. The smallest absolute Gasteiger partial charge is 0.236 e. The summed E-state index contributed by atoms with van der Waals surface area (Å²) >= 11 is 0. The van der Waals surface area contributed by atoms with Crippen LogP contribution in [0.2, 0.25) is 0 Å². The zero-order valence-corrected chi connectivity index (χ0v) is 10.7. The molecule has 0 amide bonds. The van der Waals surface area contributed by atoms with Crippen LogP contribution in [-0.4, -0.2) is 21.7 Å². The van der Waals surface area contributed by atoms with E-state index in [0.717, 1.165) is 17.8 Å². The number of aromatic nitrogens is 3. The average Bonchev–Trinajstić information content (AvgIpc) is 3.14. The molecular weight excluding hydrogens is 252 g/mol. The minimum absolute atomic E-state index is 0.120. The topological polar surface area (TPSA) is 63.8 Å². The Balaban J connectivity index is 1.70. The summed E-state index contributed by atoms with van der Waals surface area (Å²) < 4.78 is 5.44. The number of nitrogens with zero attached hydrogens (tertiary/aromatic N) is 3. The molecule has 1 aliphatic heterocycles. The molecular formula is C15H12N4O. The van der Waals surface area contributed by atoms with E-state index in [1.807, 2.05) is 24.3 Å². The highest BCUT2D eigenvalue weighted by molar-refractivity contribution is 5.60. The second-order valence-corrected chi connectivity index (χ2v) is 4.71. The molecule has 1 aromatic carbocycles. The first-order valence-corrected chi connectivity index (χ1v) is 6.48. The number of pyridine rings is 1. The number of para-hydroxylation sites is 1. The molecule has 0 saturated carbocycles. The largest absolute Gasteiger partial charge is 0.384 e. The van der Waals surface area contributed by atoms with Gasteiger partial charge in [0.1, 0.15) is 0 Å². The predicted molar refractivity (Wildman–Crippen MR) is 74.3 cm³/mol. The van der Waals surface area contributed by atoms with Gasteiger partial charge in [-0.05, 0) is 23.8 Å². The Morgan fingerprint density at radius 2 is 1.95 bits per heavy atom. The number of hydrogen-bond acceptors (Lipinski definition) is 5. The Bertz CT molecular complexity index is 738. The molecule has 2 aromatic heterocycles. The van der Waals surface area contributed by atoms with Gasteiger partial charge in [-0.1, -0.05) is 23.4 Å². The number of rotatable bonds is 2. The van der Waals surface area contributed by atoms with Crippen molar-refractivity contribution in [1.82, 2.24) is 15.1 Å². The predicted octanol–water partition coefficient (Wildman–Crippen LogP) is 2.69. The van der Waals surface area contributed by atoms with E-state index in [1.165, 1.54) is 5.56 Å². The van der Waals surface area contributed by atoms with Gasteiger partial charge >= 0.3 is 0 Å². The maximum atomic E-state index is 5.44. The summed E-state index contributed by atoms with van der Waals surface area (Å²) in [6, 6.07) is 11.9. The summed E-state index contributed by atoms with van der Waals surface area (Å²) in [5, 5.41) is 7.42. The lowest BCUT2D eigenvalue weighted by Gasteiger charge is -2.02. The molecule has 1 N–H and O–H groups in total. The monoisotopic (exact) mass is 264 g/mol. The van der Waals surface area contributed by atoms with Gasteiger partial charge < -0.3 is 9.84 Å². The lowest BCUT2D eigenvalue weighted by Crippen LogP contribution is -2.04. The van der Waals surface area contributed by atoms with Crippen LogP contribution in [0.25, 0.3) is 11.4 Å². The third-order valence-corrected chi connectivity index (χ3v) is 3.51. The van der Waals surface area contributed by atoms with Crippen molar-refractivity contribution in [3.8, 4) is 11.4 Å². The van der Waals surface area contributed by atoms with Crippen LogP contribution < -0.4 is 5.32 Å². The van der Waals surface area contributed by atoms with Gasteiger partial charge in [0.25, 0.3) is 0 Å². The Kier molecular flexibility index (Phi) is 2.48.